The summed E-state index contributed by atoms with van der Waals surface area (Å²) < 4.78 is 10.8. The van der Waals surface area contributed by atoms with Gasteiger partial charge in [-0.2, -0.15) is 9.97 Å². The summed E-state index contributed by atoms with van der Waals surface area (Å²) in [6.45, 7) is 1.18. The summed E-state index contributed by atoms with van der Waals surface area (Å²) in [5.74, 6) is 0.478. The Hall–Kier alpha value is -3.29. The monoisotopic (exact) mass is 365 g/mol. The average molecular weight is 365 g/mol. The van der Waals surface area contributed by atoms with Gasteiger partial charge in [-0.3, -0.25) is 9.78 Å². The largest absolute Gasteiger partial charge is 0.494 e. The number of likely N-dealkylation sites (tertiary alicyclic amines) is 1. The minimum absolute atomic E-state index is 0.0230. The van der Waals surface area contributed by atoms with Crippen molar-refractivity contribution < 1.29 is 14.3 Å². The summed E-state index contributed by atoms with van der Waals surface area (Å²) >= 11 is 0. The highest BCUT2D eigenvalue weighted by Gasteiger charge is 2.26. The van der Waals surface area contributed by atoms with Crippen LogP contribution in [0.15, 0.2) is 42.9 Å². The number of nitrogens with zero attached hydrogens (tertiary/aromatic N) is 5. The standard InChI is InChI=1S/C19H19N5O3/c1-26-14-10-21-19(22-11-14)27-13-6-8-24(9-7-13)18(25)17-12-20-15-4-2-3-5-16(15)23-17/h2-5,10-13H,6-9H2,1H3. The van der Waals surface area contributed by atoms with E-state index in [1.165, 1.54) is 0 Å². The van der Waals surface area contributed by atoms with Crippen molar-refractivity contribution >= 4 is 16.9 Å². The molecule has 27 heavy (non-hydrogen) atoms. The quantitative estimate of drug-likeness (QED) is 0.699. The third-order valence-electron chi connectivity index (χ3n) is 4.51. The van der Waals surface area contributed by atoms with Gasteiger partial charge >= 0.3 is 6.01 Å². The Morgan fingerprint density at radius 3 is 2.44 bits per heavy atom. The number of rotatable bonds is 4. The molecule has 1 amide bonds. The molecule has 1 fully saturated rings. The minimum atomic E-state index is -0.104. The molecule has 0 unspecified atom stereocenters. The lowest BCUT2D eigenvalue weighted by molar-refractivity contribution is 0.0573. The van der Waals surface area contributed by atoms with Crippen LogP contribution in [0.5, 0.6) is 11.8 Å². The smallest absolute Gasteiger partial charge is 0.316 e. The second-order valence-corrected chi connectivity index (χ2v) is 6.26. The van der Waals surface area contributed by atoms with Gasteiger partial charge in [-0.25, -0.2) is 4.98 Å². The molecule has 3 aromatic rings. The van der Waals surface area contributed by atoms with E-state index in [2.05, 4.69) is 19.9 Å². The molecule has 3 heterocycles. The Balaban J connectivity index is 1.36. The Morgan fingerprint density at radius 1 is 1.04 bits per heavy atom. The lowest BCUT2D eigenvalue weighted by Gasteiger charge is -2.31. The normalized spacial score (nSPS) is 14.9. The second kappa shape index (κ2) is 7.53. The molecule has 1 aliphatic rings. The van der Waals surface area contributed by atoms with Gasteiger partial charge in [0.25, 0.3) is 5.91 Å². The lowest BCUT2D eigenvalue weighted by atomic mass is 10.1. The van der Waals surface area contributed by atoms with Crippen molar-refractivity contribution in [2.24, 2.45) is 0 Å². The lowest BCUT2D eigenvalue weighted by Crippen LogP contribution is -2.42. The molecule has 1 aromatic carbocycles. The first-order valence-electron chi connectivity index (χ1n) is 8.76. The van der Waals surface area contributed by atoms with Gasteiger partial charge in [0, 0.05) is 25.9 Å². The third kappa shape index (κ3) is 3.79. The van der Waals surface area contributed by atoms with Gasteiger partial charge in [0.2, 0.25) is 0 Å². The van der Waals surface area contributed by atoms with Crippen LogP contribution < -0.4 is 9.47 Å². The summed E-state index contributed by atoms with van der Waals surface area (Å²) in [4.78, 5) is 31.5. The molecule has 0 atom stereocenters. The first kappa shape index (κ1) is 17.1. The number of methoxy groups -OCH3 is 1. The van der Waals surface area contributed by atoms with E-state index in [-0.39, 0.29) is 12.0 Å². The molecule has 0 spiro atoms. The number of fused-ring (bicyclic) bond motifs is 1. The van der Waals surface area contributed by atoms with Gasteiger partial charge in [0.15, 0.2) is 5.75 Å². The van der Waals surface area contributed by atoms with Crippen molar-refractivity contribution in [2.75, 3.05) is 20.2 Å². The predicted molar refractivity (Wildman–Crippen MR) is 97.7 cm³/mol. The average Bonchev–Trinajstić information content (AvgIpc) is 2.74. The van der Waals surface area contributed by atoms with Crippen molar-refractivity contribution in [3.8, 4) is 11.8 Å². The SMILES string of the molecule is COc1cnc(OC2CCN(C(=O)c3cnc4ccccc4n3)CC2)nc1. The number of ether oxygens (including phenoxy) is 2. The third-order valence-corrected chi connectivity index (χ3v) is 4.51. The zero-order chi connectivity index (χ0) is 18.6. The number of hydrogen-bond donors (Lipinski definition) is 0. The van der Waals surface area contributed by atoms with Gasteiger partial charge in [-0.05, 0) is 12.1 Å². The molecule has 0 bridgehead atoms. The molecule has 0 aliphatic carbocycles. The van der Waals surface area contributed by atoms with Crippen molar-refractivity contribution in [1.82, 2.24) is 24.8 Å². The first-order valence-corrected chi connectivity index (χ1v) is 8.76. The molecule has 0 N–H and O–H groups in total. The van der Waals surface area contributed by atoms with Crippen LogP contribution in [0.1, 0.15) is 23.3 Å². The molecule has 138 valence electrons. The van der Waals surface area contributed by atoms with Crippen molar-refractivity contribution in [2.45, 2.75) is 18.9 Å². The molecule has 8 heteroatoms. The maximum Gasteiger partial charge on any atom is 0.316 e. The maximum absolute atomic E-state index is 12.7. The highest BCUT2D eigenvalue weighted by molar-refractivity contribution is 5.93. The van der Waals surface area contributed by atoms with E-state index in [1.807, 2.05) is 24.3 Å². The molecule has 8 nitrogen and oxygen atoms in total. The summed E-state index contributed by atoms with van der Waals surface area (Å²) in [7, 11) is 1.56. The van der Waals surface area contributed by atoms with Gasteiger partial charge < -0.3 is 14.4 Å². The van der Waals surface area contributed by atoms with E-state index in [4.69, 9.17) is 9.47 Å². The molecular weight excluding hydrogens is 346 g/mol. The van der Waals surface area contributed by atoms with Crippen LogP contribution in [0.3, 0.4) is 0 Å². The van der Waals surface area contributed by atoms with E-state index in [9.17, 15) is 4.79 Å². The predicted octanol–water partition coefficient (Wildman–Crippen LogP) is 2.11. The summed E-state index contributed by atoms with van der Waals surface area (Å²) in [6, 6.07) is 7.83. The number of para-hydroxylation sites is 2. The maximum atomic E-state index is 12.7. The fraction of sp³-hybridized carbons (Fsp3) is 0.316. The number of carbonyl (C=O) groups is 1. The Morgan fingerprint density at radius 2 is 1.74 bits per heavy atom. The molecule has 1 saturated heterocycles. The van der Waals surface area contributed by atoms with Gasteiger partial charge in [-0.15, -0.1) is 0 Å². The second-order valence-electron chi connectivity index (χ2n) is 6.26. The van der Waals surface area contributed by atoms with Crippen LogP contribution in [-0.2, 0) is 0 Å². The summed E-state index contributed by atoms with van der Waals surface area (Å²) in [5, 5.41) is 0. The number of amides is 1. The highest BCUT2D eigenvalue weighted by Crippen LogP contribution is 2.19. The fourth-order valence-electron chi connectivity index (χ4n) is 3.02. The van der Waals surface area contributed by atoms with Crippen LogP contribution in [-0.4, -0.2) is 57.0 Å². The Labute approximate surface area is 156 Å². The van der Waals surface area contributed by atoms with Crippen LogP contribution in [0.2, 0.25) is 0 Å². The van der Waals surface area contributed by atoms with Crippen molar-refractivity contribution in [3.63, 3.8) is 0 Å². The molecular formula is C19H19N5O3. The van der Waals surface area contributed by atoms with E-state index in [1.54, 1.807) is 30.6 Å². The zero-order valence-corrected chi connectivity index (χ0v) is 14.9. The zero-order valence-electron chi connectivity index (χ0n) is 14.9. The van der Waals surface area contributed by atoms with Gasteiger partial charge in [0.1, 0.15) is 11.8 Å². The van der Waals surface area contributed by atoms with Gasteiger partial charge in [0.05, 0.1) is 36.7 Å². The van der Waals surface area contributed by atoms with Crippen LogP contribution >= 0.6 is 0 Å². The fourth-order valence-corrected chi connectivity index (χ4v) is 3.02. The number of hydrogen-bond acceptors (Lipinski definition) is 7. The van der Waals surface area contributed by atoms with Gasteiger partial charge in [-0.1, -0.05) is 12.1 Å². The molecule has 1 aliphatic heterocycles. The Bertz CT molecular complexity index is 939. The van der Waals surface area contributed by atoms with Crippen LogP contribution in [0.25, 0.3) is 11.0 Å². The van der Waals surface area contributed by atoms with Crippen LogP contribution in [0, 0.1) is 0 Å². The highest BCUT2D eigenvalue weighted by atomic mass is 16.5. The molecule has 0 saturated carbocycles. The first-order chi connectivity index (χ1) is 13.2. The van der Waals surface area contributed by atoms with E-state index in [0.717, 1.165) is 11.0 Å². The number of piperidine rings is 1. The number of aromatic nitrogens is 4. The molecule has 4 rings (SSSR count). The number of carbonyl (C=O) groups excluding carboxylic acids is 1. The molecule has 2 aromatic heterocycles. The van der Waals surface area contributed by atoms with E-state index in [0.29, 0.717) is 43.4 Å². The summed E-state index contributed by atoms with van der Waals surface area (Å²) in [5.41, 5.74) is 1.87. The number of benzene rings is 1. The van der Waals surface area contributed by atoms with Crippen molar-refractivity contribution in [3.05, 3.63) is 48.5 Å². The van der Waals surface area contributed by atoms with E-state index >= 15 is 0 Å². The van der Waals surface area contributed by atoms with Crippen molar-refractivity contribution in [1.29, 1.82) is 0 Å². The molecule has 0 radical (unpaired) electrons. The van der Waals surface area contributed by atoms with E-state index < -0.39 is 0 Å². The summed E-state index contributed by atoms with van der Waals surface area (Å²) in [6.07, 6.45) is 6.08. The van der Waals surface area contributed by atoms with Crippen LogP contribution in [0.4, 0.5) is 0 Å². The Kier molecular flexibility index (Phi) is 4.78. The minimum Gasteiger partial charge on any atom is -0.494 e. The topological polar surface area (TPSA) is 90.3 Å².